The monoisotopic (exact) mass is 310 g/mol. The number of aliphatic carboxylic acids is 1. The van der Waals surface area contributed by atoms with Gasteiger partial charge in [0.05, 0.1) is 23.6 Å². The Kier molecular flexibility index (Phi) is 3.12. The van der Waals surface area contributed by atoms with Crippen molar-refractivity contribution in [3.05, 3.63) is 48.7 Å². The minimum absolute atomic E-state index is 0.336. The van der Waals surface area contributed by atoms with Crippen LogP contribution in [0.25, 0.3) is 10.9 Å². The van der Waals surface area contributed by atoms with Gasteiger partial charge in [0.1, 0.15) is 5.92 Å². The summed E-state index contributed by atoms with van der Waals surface area (Å²) in [5.74, 6) is -2.90. The van der Waals surface area contributed by atoms with Crippen LogP contribution in [0.1, 0.15) is 0 Å². The summed E-state index contributed by atoms with van der Waals surface area (Å²) in [5.41, 5.74) is 1.45. The average Bonchev–Trinajstić information content (AvgIpc) is 3.15. The number of nitrogens with zero attached hydrogens (tertiary/aromatic N) is 1. The van der Waals surface area contributed by atoms with E-state index >= 15 is 0 Å². The number of carboxylic acids is 1. The number of pyridine rings is 1. The molecule has 4 unspecified atom stereocenters. The number of aromatic nitrogens is 1. The predicted octanol–water partition coefficient (Wildman–Crippen LogP) is 1.83. The number of hydrogen-bond donors (Lipinski definition) is 2. The van der Waals surface area contributed by atoms with Crippen LogP contribution in [0.2, 0.25) is 0 Å². The highest BCUT2D eigenvalue weighted by molar-refractivity contribution is 5.98. The number of ether oxygens (including phenoxy) is 1. The first-order valence-electron chi connectivity index (χ1n) is 7.36. The number of fused-ring (bicyclic) bond motifs is 3. The van der Waals surface area contributed by atoms with Gasteiger partial charge in [0, 0.05) is 17.3 Å². The SMILES string of the molecule is O=C(O)C1C2C=CC(O2)C1C(=O)Nc1ccc2ncccc2c1. The molecule has 3 heterocycles. The molecule has 6 nitrogen and oxygen atoms in total. The second-order valence-electron chi connectivity index (χ2n) is 5.74. The Hall–Kier alpha value is -2.73. The van der Waals surface area contributed by atoms with E-state index in [1.54, 1.807) is 24.4 Å². The number of amides is 1. The van der Waals surface area contributed by atoms with E-state index in [-0.39, 0.29) is 5.91 Å². The van der Waals surface area contributed by atoms with Crippen LogP contribution in [0.5, 0.6) is 0 Å². The lowest BCUT2D eigenvalue weighted by atomic mass is 9.82. The Morgan fingerprint density at radius 1 is 1.13 bits per heavy atom. The molecule has 4 rings (SSSR count). The molecule has 2 N–H and O–H groups in total. The van der Waals surface area contributed by atoms with Gasteiger partial charge in [-0.25, -0.2) is 0 Å². The smallest absolute Gasteiger partial charge is 0.310 e. The van der Waals surface area contributed by atoms with Crippen molar-refractivity contribution < 1.29 is 19.4 Å². The molecule has 0 saturated carbocycles. The summed E-state index contributed by atoms with van der Waals surface area (Å²) < 4.78 is 5.53. The average molecular weight is 310 g/mol. The molecule has 0 radical (unpaired) electrons. The molecular weight excluding hydrogens is 296 g/mol. The predicted molar refractivity (Wildman–Crippen MR) is 82.8 cm³/mol. The van der Waals surface area contributed by atoms with Crippen LogP contribution in [-0.2, 0) is 14.3 Å². The Morgan fingerprint density at radius 3 is 2.70 bits per heavy atom. The summed E-state index contributed by atoms with van der Waals surface area (Å²) in [6.07, 6.45) is 4.20. The van der Waals surface area contributed by atoms with E-state index in [1.807, 2.05) is 24.3 Å². The molecule has 4 atom stereocenters. The fraction of sp³-hybridized carbons (Fsp3) is 0.235. The van der Waals surface area contributed by atoms with Gasteiger partial charge in [0.2, 0.25) is 5.91 Å². The van der Waals surface area contributed by atoms with Gasteiger partial charge in [0.15, 0.2) is 0 Å². The minimum atomic E-state index is -1.01. The lowest BCUT2D eigenvalue weighted by molar-refractivity contribution is -0.145. The highest BCUT2D eigenvalue weighted by Crippen LogP contribution is 2.39. The Morgan fingerprint density at radius 2 is 1.91 bits per heavy atom. The van der Waals surface area contributed by atoms with Crippen molar-refractivity contribution >= 4 is 28.5 Å². The van der Waals surface area contributed by atoms with Crippen molar-refractivity contribution in [2.45, 2.75) is 12.2 Å². The van der Waals surface area contributed by atoms with Gasteiger partial charge in [-0.1, -0.05) is 18.2 Å². The number of rotatable bonds is 3. The number of anilines is 1. The Bertz CT molecular complexity index is 832. The molecule has 1 saturated heterocycles. The van der Waals surface area contributed by atoms with Gasteiger partial charge in [-0.3, -0.25) is 14.6 Å². The summed E-state index contributed by atoms with van der Waals surface area (Å²) in [7, 11) is 0. The molecule has 1 aromatic heterocycles. The standard InChI is InChI=1S/C17H14N2O4/c20-16(14-12-5-6-13(23-12)15(14)17(21)22)19-10-3-4-11-9(8-10)2-1-7-18-11/h1-8,12-15H,(H,19,20)(H,21,22). The van der Waals surface area contributed by atoms with E-state index in [0.717, 1.165) is 10.9 Å². The van der Waals surface area contributed by atoms with Crippen molar-refractivity contribution in [1.29, 1.82) is 0 Å². The third-order valence-electron chi connectivity index (χ3n) is 4.36. The van der Waals surface area contributed by atoms with E-state index in [1.165, 1.54) is 0 Å². The van der Waals surface area contributed by atoms with Gasteiger partial charge < -0.3 is 15.2 Å². The number of benzene rings is 1. The van der Waals surface area contributed by atoms with Gasteiger partial charge in [0.25, 0.3) is 0 Å². The number of hydrogen-bond acceptors (Lipinski definition) is 4. The van der Waals surface area contributed by atoms with E-state index in [4.69, 9.17) is 4.74 Å². The zero-order valence-electron chi connectivity index (χ0n) is 12.0. The first kappa shape index (κ1) is 13.9. The van der Waals surface area contributed by atoms with Crippen LogP contribution in [0.4, 0.5) is 5.69 Å². The largest absolute Gasteiger partial charge is 0.481 e. The fourth-order valence-corrected chi connectivity index (χ4v) is 3.29. The van der Waals surface area contributed by atoms with Crippen LogP contribution in [0.3, 0.4) is 0 Å². The van der Waals surface area contributed by atoms with Crippen LogP contribution < -0.4 is 5.32 Å². The first-order valence-corrected chi connectivity index (χ1v) is 7.36. The molecule has 2 aliphatic heterocycles. The molecular formula is C17H14N2O4. The normalized spacial score (nSPS) is 28.2. The molecule has 1 amide bonds. The lowest BCUT2D eigenvalue weighted by Gasteiger charge is -2.21. The van der Waals surface area contributed by atoms with E-state index in [2.05, 4.69) is 10.3 Å². The third-order valence-corrected chi connectivity index (χ3v) is 4.36. The zero-order valence-corrected chi connectivity index (χ0v) is 12.0. The maximum Gasteiger partial charge on any atom is 0.310 e. The molecule has 23 heavy (non-hydrogen) atoms. The van der Waals surface area contributed by atoms with E-state index in [9.17, 15) is 14.7 Å². The van der Waals surface area contributed by atoms with Crippen LogP contribution in [0.15, 0.2) is 48.7 Å². The maximum atomic E-state index is 12.6. The quantitative estimate of drug-likeness (QED) is 0.844. The molecule has 2 bridgehead atoms. The van der Waals surface area contributed by atoms with Crippen molar-refractivity contribution in [2.24, 2.45) is 11.8 Å². The van der Waals surface area contributed by atoms with Crippen LogP contribution in [-0.4, -0.2) is 34.2 Å². The first-order chi connectivity index (χ1) is 11.1. The van der Waals surface area contributed by atoms with Crippen LogP contribution >= 0.6 is 0 Å². The molecule has 2 aliphatic rings. The summed E-state index contributed by atoms with van der Waals surface area (Å²) in [4.78, 5) is 28.2. The van der Waals surface area contributed by atoms with Gasteiger partial charge in [-0.2, -0.15) is 0 Å². The molecule has 116 valence electrons. The zero-order chi connectivity index (χ0) is 16.0. The summed E-state index contributed by atoms with van der Waals surface area (Å²) in [6.45, 7) is 0. The Labute approximate surface area is 131 Å². The molecule has 0 spiro atoms. The fourth-order valence-electron chi connectivity index (χ4n) is 3.29. The molecule has 6 heteroatoms. The van der Waals surface area contributed by atoms with Gasteiger partial charge in [-0.15, -0.1) is 0 Å². The lowest BCUT2D eigenvalue weighted by Crippen LogP contribution is -2.39. The van der Waals surface area contributed by atoms with Crippen molar-refractivity contribution in [1.82, 2.24) is 4.98 Å². The minimum Gasteiger partial charge on any atom is -0.481 e. The summed E-state index contributed by atoms with van der Waals surface area (Å²) in [5, 5.41) is 13.1. The molecule has 1 fully saturated rings. The Balaban J connectivity index is 1.59. The highest BCUT2D eigenvalue weighted by Gasteiger charge is 2.53. The summed E-state index contributed by atoms with van der Waals surface area (Å²) in [6, 6.07) is 9.12. The second-order valence-corrected chi connectivity index (χ2v) is 5.74. The number of nitrogens with one attached hydrogen (secondary N) is 1. The third kappa shape index (κ3) is 2.27. The van der Waals surface area contributed by atoms with E-state index < -0.39 is 30.0 Å². The molecule has 1 aromatic carbocycles. The number of carboxylic acid groups (broad SMARTS) is 1. The van der Waals surface area contributed by atoms with Crippen molar-refractivity contribution in [3.63, 3.8) is 0 Å². The second kappa shape index (κ2) is 5.17. The molecule has 2 aromatic rings. The molecule has 0 aliphatic carbocycles. The maximum absolute atomic E-state index is 12.6. The number of carbonyl (C=O) groups is 2. The van der Waals surface area contributed by atoms with E-state index in [0.29, 0.717) is 5.69 Å². The van der Waals surface area contributed by atoms with Gasteiger partial charge >= 0.3 is 5.97 Å². The summed E-state index contributed by atoms with van der Waals surface area (Å²) >= 11 is 0. The van der Waals surface area contributed by atoms with Crippen molar-refractivity contribution in [2.75, 3.05) is 5.32 Å². The van der Waals surface area contributed by atoms with Gasteiger partial charge in [-0.05, 0) is 24.3 Å². The highest BCUT2D eigenvalue weighted by atomic mass is 16.5. The van der Waals surface area contributed by atoms with Crippen molar-refractivity contribution in [3.8, 4) is 0 Å². The van der Waals surface area contributed by atoms with Crippen LogP contribution in [0, 0.1) is 11.8 Å². The number of carbonyl (C=O) groups excluding carboxylic acids is 1. The topological polar surface area (TPSA) is 88.5 Å².